The molecule has 1 aliphatic rings. The molecule has 1 fully saturated rings. The fraction of sp³-hybridized carbons (Fsp3) is 0.333. The Labute approximate surface area is 195 Å². The first-order valence-electron chi connectivity index (χ1n) is 10.1. The van der Waals surface area contributed by atoms with E-state index in [0.717, 1.165) is 6.07 Å². The lowest BCUT2D eigenvalue weighted by Crippen LogP contribution is -2.40. The maximum Gasteiger partial charge on any atom is 0.338 e. The molecule has 3 rings (SSSR count). The Balaban J connectivity index is 1.69. The Bertz CT molecular complexity index is 1210. The van der Waals surface area contributed by atoms with Crippen molar-refractivity contribution in [1.29, 1.82) is 0 Å². The Morgan fingerprint density at radius 2 is 1.88 bits per heavy atom. The first kappa shape index (κ1) is 25.1. The summed E-state index contributed by atoms with van der Waals surface area (Å²) in [5.74, 6) is -1.49. The van der Waals surface area contributed by atoms with Gasteiger partial charge in [-0.25, -0.2) is 13.2 Å². The number of carbonyl (C=O) groups excluding carboxylic acids is 2. The van der Waals surface area contributed by atoms with Crippen molar-refractivity contribution in [1.82, 2.24) is 4.31 Å². The number of rotatable bonds is 8. The zero-order chi connectivity index (χ0) is 24.9. The van der Waals surface area contributed by atoms with Crippen molar-refractivity contribution in [2.75, 3.05) is 45.3 Å². The fourth-order valence-electron chi connectivity index (χ4n) is 3.23. The molecular formula is C21H23N3O9S. The Morgan fingerprint density at radius 1 is 1.18 bits per heavy atom. The Kier molecular flexibility index (Phi) is 7.81. The SMILES string of the molecule is COc1ccc(NC(=O)COC(=O)c2ccc(C)c(S(=O)(=O)N3CCOCC3)c2)c([N+](=O)[O-])c1. The van der Waals surface area contributed by atoms with Gasteiger partial charge in [-0.15, -0.1) is 0 Å². The van der Waals surface area contributed by atoms with Gasteiger partial charge in [0, 0.05) is 13.1 Å². The summed E-state index contributed by atoms with van der Waals surface area (Å²) >= 11 is 0. The number of morpholine rings is 1. The molecule has 1 aliphatic heterocycles. The van der Waals surface area contributed by atoms with Crippen molar-refractivity contribution in [2.45, 2.75) is 11.8 Å². The zero-order valence-electron chi connectivity index (χ0n) is 18.5. The molecule has 0 aliphatic carbocycles. The second-order valence-electron chi connectivity index (χ2n) is 7.26. The first-order chi connectivity index (χ1) is 16.1. The molecule has 0 bridgehead atoms. The second kappa shape index (κ2) is 10.6. The number of benzene rings is 2. The van der Waals surface area contributed by atoms with E-state index < -0.39 is 39.1 Å². The normalized spacial score (nSPS) is 14.3. The van der Waals surface area contributed by atoms with Gasteiger partial charge in [-0.1, -0.05) is 6.07 Å². The fourth-order valence-corrected chi connectivity index (χ4v) is 4.89. The quantitative estimate of drug-likeness (QED) is 0.329. The van der Waals surface area contributed by atoms with Crippen LogP contribution in [0.3, 0.4) is 0 Å². The zero-order valence-corrected chi connectivity index (χ0v) is 19.3. The summed E-state index contributed by atoms with van der Waals surface area (Å²) in [5, 5.41) is 13.5. The van der Waals surface area contributed by atoms with Crippen molar-refractivity contribution in [3.63, 3.8) is 0 Å². The van der Waals surface area contributed by atoms with Crippen molar-refractivity contribution in [3.05, 3.63) is 57.6 Å². The van der Waals surface area contributed by atoms with Crippen LogP contribution in [0, 0.1) is 17.0 Å². The molecule has 0 spiro atoms. The third-order valence-electron chi connectivity index (χ3n) is 5.02. The molecule has 2 aromatic rings. The molecule has 0 aromatic heterocycles. The molecular weight excluding hydrogens is 470 g/mol. The van der Waals surface area contributed by atoms with Gasteiger partial charge >= 0.3 is 5.97 Å². The highest BCUT2D eigenvalue weighted by atomic mass is 32.2. The van der Waals surface area contributed by atoms with E-state index in [4.69, 9.17) is 14.2 Å². The topological polar surface area (TPSA) is 154 Å². The van der Waals surface area contributed by atoms with Gasteiger partial charge in [-0.3, -0.25) is 14.9 Å². The van der Waals surface area contributed by atoms with Crippen molar-refractivity contribution >= 4 is 33.3 Å². The molecule has 1 heterocycles. The van der Waals surface area contributed by atoms with Crippen LogP contribution in [-0.2, 0) is 24.3 Å². The van der Waals surface area contributed by atoms with Gasteiger partial charge in [-0.05, 0) is 36.8 Å². The maximum atomic E-state index is 13.0. The van der Waals surface area contributed by atoms with Gasteiger partial charge < -0.3 is 19.5 Å². The number of aryl methyl sites for hydroxylation is 1. The smallest absolute Gasteiger partial charge is 0.338 e. The minimum absolute atomic E-state index is 0.0397. The van der Waals surface area contributed by atoms with Gasteiger partial charge in [0.15, 0.2) is 6.61 Å². The third-order valence-corrected chi connectivity index (χ3v) is 7.06. The van der Waals surface area contributed by atoms with E-state index in [1.54, 1.807) is 6.92 Å². The molecule has 2 aromatic carbocycles. The van der Waals surface area contributed by atoms with Crippen LogP contribution in [0.4, 0.5) is 11.4 Å². The third kappa shape index (κ3) is 5.68. The number of nitro groups is 1. The number of carbonyl (C=O) groups is 2. The van der Waals surface area contributed by atoms with Gasteiger partial charge in [-0.2, -0.15) is 4.31 Å². The molecule has 182 valence electrons. The molecule has 13 heteroatoms. The summed E-state index contributed by atoms with van der Waals surface area (Å²) in [6, 6.07) is 7.93. The van der Waals surface area contributed by atoms with E-state index >= 15 is 0 Å². The number of amides is 1. The number of nitrogens with zero attached hydrogens (tertiary/aromatic N) is 2. The number of anilines is 1. The van der Waals surface area contributed by atoms with Gasteiger partial charge in [0.1, 0.15) is 11.4 Å². The molecule has 0 saturated carbocycles. The van der Waals surface area contributed by atoms with E-state index in [0.29, 0.717) is 5.56 Å². The number of nitrogens with one attached hydrogen (secondary N) is 1. The summed E-state index contributed by atoms with van der Waals surface area (Å²) in [4.78, 5) is 35.2. The van der Waals surface area contributed by atoms with E-state index in [9.17, 15) is 28.1 Å². The maximum absolute atomic E-state index is 13.0. The number of hydrogen-bond acceptors (Lipinski definition) is 9. The van der Waals surface area contributed by atoms with E-state index in [1.807, 2.05) is 0 Å². The first-order valence-corrected chi connectivity index (χ1v) is 11.6. The minimum atomic E-state index is -3.85. The van der Waals surface area contributed by atoms with Crippen LogP contribution < -0.4 is 10.1 Å². The standard InChI is InChI=1S/C21H23N3O9S/c1-14-3-4-15(11-19(14)34(29,30)23-7-9-32-10-8-23)21(26)33-13-20(25)22-17-6-5-16(31-2)12-18(17)24(27)28/h3-6,11-12H,7-10,13H2,1-2H3,(H,22,25). The van der Waals surface area contributed by atoms with Crippen molar-refractivity contribution < 1.29 is 37.1 Å². The van der Waals surface area contributed by atoms with Crippen LogP contribution in [0.2, 0.25) is 0 Å². The van der Waals surface area contributed by atoms with Crippen LogP contribution in [0.15, 0.2) is 41.3 Å². The summed E-state index contributed by atoms with van der Waals surface area (Å²) in [6.45, 7) is 1.84. The largest absolute Gasteiger partial charge is 0.496 e. The number of nitro benzene ring substituents is 1. The molecule has 1 amide bonds. The lowest BCUT2D eigenvalue weighted by molar-refractivity contribution is -0.384. The van der Waals surface area contributed by atoms with Crippen LogP contribution in [0.5, 0.6) is 5.75 Å². The minimum Gasteiger partial charge on any atom is -0.496 e. The number of methoxy groups -OCH3 is 1. The highest BCUT2D eigenvalue weighted by molar-refractivity contribution is 7.89. The molecule has 0 unspecified atom stereocenters. The average Bonchev–Trinajstić information content (AvgIpc) is 2.83. The summed E-state index contributed by atoms with van der Waals surface area (Å²) < 4.78 is 42.3. The number of ether oxygens (including phenoxy) is 3. The predicted octanol–water partition coefficient (Wildman–Crippen LogP) is 1.73. The monoisotopic (exact) mass is 493 g/mol. The molecule has 1 saturated heterocycles. The Morgan fingerprint density at radius 3 is 2.53 bits per heavy atom. The van der Waals surface area contributed by atoms with Crippen LogP contribution >= 0.6 is 0 Å². The van der Waals surface area contributed by atoms with E-state index in [1.165, 1.54) is 41.7 Å². The number of hydrogen-bond donors (Lipinski definition) is 1. The van der Waals surface area contributed by atoms with Crippen LogP contribution in [0.1, 0.15) is 15.9 Å². The molecule has 34 heavy (non-hydrogen) atoms. The highest BCUT2D eigenvalue weighted by Gasteiger charge is 2.28. The molecule has 12 nitrogen and oxygen atoms in total. The lowest BCUT2D eigenvalue weighted by Gasteiger charge is -2.26. The molecule has 1 N–H and O–H groups in total. The van der Waals surface area contributed by atoms with Crippen molar-refractivity contribution in [3.8, 4) is 5.75 Å². The summed E-state index contributed by atoms with van der Waals surface area (Å²) in [6.07, 6.45) is 0. The van der Waals surface area contributed by atoms with E-state index in [-0.39, 0.29) is 48.2 Å². The number of sulfonamides is 1. The van der Waals surface area contributed by atoms with Gasteiger partial charge in [0.2, 0.25) is 10.0 Å². The van der Waals surface area contributed by atoms with Crippen LogP contribution in [0.25, 0.3) is 0 Å². The number of esters is 1. The molecule has 0 radical (unpaired) electrons. The van der Waals surface area contributed by atoms with E-state index in [2.05, 4.69) is 5.32 Å². The molecule has 0 atom stereocenters. The summed E-state index contributed by atoms with van der Waals surface area (Å²) in [5.41, 5.74) is -0.0927. The predicted molar refractivity (Wildman–Crippen MR) is 119 cm³/mol. The van der Waals surface area contributed by atoms with Gasteiger partial charge in [0.05, 0.1) is 41.8 Å². The highest BCUT2D eigenvalue weighted by Crippen LogP contribution is 2.29. The van der Waals surface area contributed by atoms with Gasteiger partial charge in [0.25, 0.3) is 11.6 Å². The van der Waals surface area contributed by atoms with Crippen LogP contribution in [-0.4, -0.2) is 69.5 Å². The summed E-state index contributed by atoms with van der Waals surface area (Å²) in [7, 11) is -2.50. The average molecular weight is 493 g/mol. The second-order valence-corrected chi connectivity index (χ2v) is 9.17. The Hall–Kier alpha value is -3.55. The van der Waals surface area contributed by atoms with Crippen molar-refractivity contribution in [2.24, 2.45) is 0 Å². The lowest BCUT2D eigenvalue weighted by atomic mass is 10.1.